The summed E-state index contributed by atoms with van der Waals surface area (Å²) in [7, 11) is -3.76. The summed E-state index contributed by atoms with van der Waals surface area (Å²) >= 11 is 0. The first-order valence-corrected chi connectivity index (χ1v) is 14.3. The number of rotatable bonds is 10. The minimum Gasteiger partial charge on any atom is -0.493 e. The molecule has 0 aliphatic carbocycles. The Morgan fingerprint density at radius 3 is 2.46 bits per heavy atom. The molecule has 8 nitrogen and oxygen atoms in total. The van der Waals surface area contributed by atoms with E-state index in [-0.39, 0.29) is 23.9 Å². The van der Waals surface area contributed by atoms with Gasteiger partial charge in [-0.05, 0) is 61.2 Å². The van der Waals surface area contributed by atoms with Crippen LogP contribution in [0, 0.1) is 18.8 Å². The third-order valence-electron chi connectivity index (χ3n) is 7.02. The maximum Gasteiger partial charge on any atom is 0.308 e. The predicted octanol–water partition coefficient (Wildman–Crippen LogP) is 4.84. The van der Waals surface area contributed by atoms with Gasteiger partial charge < -0.3 is 14.3 Å². The summed E-state index contributed by atoms with van der Waals surface area (Å²) in [4.78, 5) is 16.8. The summed E-state index contributed by atoms with van der Waals surface area (Å²) in [6.07, 6.45) is 1.00. The van der Waals surface area contributed by atoms with Crippen molar-refractivity contribution in [1.82, 2.24) is 9.29 Å². The van der Waals surface area contributed by atoms with Crippen molar-refractivity contribution in [2.45, 2.75) is 24.7 Å². The molecule has 202 valence electrons. The zero-order valence-corrected chi connectivity index (χ0v) is 22.4. The number of nitrogens with zero attached hydrogens (tertiary/aromatic N) is 2. The fourth-order valence-corrected chi connectivity index (χ4v) is 6.49. The van der Waals surface area contributed by atoms with Crippen molar-refractivity contribution >= 4 is 16.0 Å². The lowest BCUT2D eigenvalue weighted by Gasteiger charge is -2.17. The first-order valence-electron chi connectivity index (χ1n) is 12.8. The largest absolute Gasteiger partial charge is 0.493 e. The number of carboxylic acid groups (broad SMARTS) is 1. The molecule has 4 aromatic rings. The third-order valence-corrected chi connectivity index (χ3v) is 8.87. The highest BCUT2D eigenvalue weighted by molar-refractivity contribution is 7.89. The molecule has 1 aromatic heterocycles. The van der Waals surface area contributed by atoms with Gasteiger partial charge in [0, 0.05) is 25.1 Å². The molecule has 2 heterocycles. The number of aliphatic carboxylic acids is 1. The van der Waals surface area contributed by atoms with Gasteiger partial charge in [0.25, 0.3) is 0 Å². The second-order valence-electron chi connectivity index (χ2n) is 9.68. The highest BCUT2D eigenvalue weighted by Gasteiger charge is 2.42. The number of oxazole rings is 1. The van der Waals surface area contributed by atoms with Crippen LogP contribution < -0.4 is 4.74 Å². The molecule has 2 atom stereocenters. The van der Waals surface area contributed by atoms with E-state index in [1.807, 2.05) is 61.5 Å². The molecule has 0 amide bonds. The number of carboxylic acids is 1. The van der Waals surface area contributed by atoms with Crippen LogP contribution in [0.1, 0.15) is 17.0 Å². The van der Waals surface area contributed by atoms with E-state index >= 15 is 0 Å². The molecule has 1 saturated heterocycles. The number of ether oxygens (including phenoxy) is 1. The zero-order chi connectivity index (χ0) is 27.4. The summed E-state index contributed by atoms with van der Waals surface area (Å²) in [5.74, 6) is -0.140. The monoisotopic (exact) mass is 546 g/mol. The highest BCUT2D eigenvalue weighted by atomic mass is 32.2. The second-order valence-corrected chi connectivity index (χ2v) is 11.6. The molecule has 0 radical (unpaired) electrons. The van der Waals surface area contributed by atoms with Crippen molar-refractivity contribution in [3.8, 4) is 17.2 Å². The average molecular weight is 547 g/mol. The Hall–Kier alpha value is -3.95. The normalized spacial score (nSPS) is 17.8. The van der Waals surface area contributed by atoms with Crippen molar-refractivity contribution < 1.29 is 27.5 Å². The lowest BCUT2D eigenvalue weighted by atomic mass is 9.90. The minimum atomic E-state index is -3.76. The Bertz CT molecular complexity index is 1540. The van der Waals surface area contributed by atoms with E-state index in [0.29, 0.717) is 31.1 Å². The molecule has 9 heteroatoms. The van der Waals surface area contributed by atoms with E-state index in [4.69, 9.17) is 9.15 Å². The highest BCUT2D eigenvalue weighted by Crippen LogP contribution is 2.32. The molecule has 1 N–H and O–H groups in total. The Labute approximate surface area is 227 Å². The van der Waals surface area contributed by atoms with Crippen molar-refractivity contribution in [2.24, 2.45) is 11.8 Å². The Morgan fingerprint density at radius 1 is 1.03 bits per heavy atom. The average Bonchev–Trinajstić information content (AvgIpc) is 3.54. The Morgan fingerprint density at radius 2 is 1.74 bits per heavy atom. The van der Waals surface area contributed by atoms with E-state index < -0.39 is 21.9 Å². The lowest BCUT2D eigenvalue weighted by Crippen LogP contribution is -2.30. The molecule has 0 bridgehead atoms. The topological polar surface area (TPSA) is 110 Å². The fourth-order valence-electron chi connectivity index (χ4n) is 4.95. The van der Waals surface area contributed by atoms with Crippen LogP contribution in [0.3, 0.4) is 0 Å². The minimum absolute atomic E-state index is 0.0462. The van der Waals surface area contributed by atoms with Gasteiger partial charge in [0.15, 0.2) is 0 Å². The summed E-state index contributed by atoms with van der Waals surface area (Å²) in [5.41, 5.74) is 2.65. The number of benzene rings is 3. The molecule has 1 aliphatic rings. The molecule has 0 unspecified atom stereocenters. The van der Waals surface area contributed by atoms with Gasteiger partial charge in [-0.25, -0.2) is 13.4 Å². The molecule has 39 heavy (non-hydrogen) atoms. The number of aromatic nitrogens is 1. The molecular weight excluding hydrogens is 516 g/mol. The van der Waals surface area contributed by atoms with Gasteiger partial charge in [-0.3, -0.25) is 4.79 Å². The van der Waals surface area contributed by atoms with E-state index in [0.717, 1.165) is 22.6 Å². The van der Waals surface area contributed by atoms with Gasteiger partial charge in [-0.1, -0.05) is 48.5 Å². The van der Waals surface area contributed by atoms with Gasteiger partial charge in [0.1, 0.15) is 11.5 Å². The standard InChI is InChI=1S/C30H30N2O6S/c1-21-28(31-29(38-21)23-10-4-2-5-11-23)15-16-37-25-12-8-9-22(18-25)17-24-19-32(20-27(24)30(33)34)39(35,36)26-13-6-3-7-14-26/h2-14,18,24,27H,15-17,19-20H2,1H3,(H,33,34)/t24-,27+/m1/s1. The molecule has 1 fully saturated rings. The SMILES string of the molecule is Cc1oc(-c2ccccc2)nc1CCOc1cccc(C[C@@H]2CN(S(=O)(=O)c3ccccc3)C[C@@H]2C(=O)O)c1. The van der Waals surface area contributed by atoms with E-state index in [1.165, 1.54) is 16.4 Å². The predicted molar refractivity (Wildman–Crippen MR) is 146 cm³/mol. The summed E-state index contributed by atoms with van der Waals surface area (Å²) in [5, 5.41) is 9.83. The van der Waals surface area contributed by atoms with Gasteiger partial charge in [0.2, 0.25) is 15.9 Å². The lowest BCUT2D eigenvalue weighted by molar-refractivity contribution is -0.142. The smallest absolute Gasteiger partial charge is 0.308 e. The van der Waals surface area contributed by atoms with Crippen molar-refractivity contribution in [1.29, 1.82) is 0 Å². The number of hydrogen-bond acceptors (Lipinski definition) is 6. The summed E-state index contributed by atoms with van der Waals surface area (Å²) in [6, 6.07) is 25.4. The first-order chi connectivity index (χ1) is 18.8. The Balaban J connectivity index is 1.22. The summed E-state index contributed by atoms with van der Waals surface area (Å²) in [6.45, 7) is 2.39. The van der Waals surface area contributed by atoms with E-state index in [9.17, 15) is 18.3 Å². The van der Waals surface area contributed by atoms with Crippen LogP contribution in [-0.2, 0) is 27.7 Å². The van der Waals surface area contributed by atoms with Crippen LogP contribution in [0.4, 0.5) is 0 Å². The molecular formula is C30H30N2O6S. The Kier molecular flexibility index (Phi) is 7.81. The molecule has 5 rings (SSSR count). The third kappa shape index (κ3) is 6.05. The van der Waals surface area contributed by atoms with Crippen LogP contribution in [0.25, 0.3) is 11.5 Å². The van der Waals surface area contributed by atoms with Gasteiger partial charge in [-0.15, -0.1) is 0 Å². The fraction of sp³-hybridized carbons (Fsp3) is 0.267. The van der Waals surface area contributed by atoms with Gasteiger partial charge in [-0.2, -0.15) is 4.31 Å². The number of sulfonamides is 1. The van der Waals surface area contributed by atoms with Crippen molar-refractivity contribution in [3.05, 3.63) is 102 Å². The second kappa shape index (κ2) is 11.4. The molecule has 3 aromatic carbocycles. The quantitative estimate of drug-likeness (QED) is 0.303. The van der Waals surface area contributed by atoms with Crippen LogP contribution in [0.5, 0.6) is 5.75 Å². The number of aryl methyl sites for hydroxylation is 1. The van der Waals surface area contributed by atoms with Crippen LogP contribution >= 0.6 is 0 Å². The molecule has 0 spiro atoms. The van der Waals surface area contributed by atoms with Crippen molar-refractivity contribution in [2.75, 3.05) is 19.7 Å². The van der Waals surface area contributed by atoms with Crippen LogP contribution in [0.2, 0.25) is 0 Å². The van der Waals surface area contributed by atoms with Crippen LogP contribution in [-0.4, -0.2) is 48.5 Å². The van der Waals surface area contributed by atoms with E-state index in [2.05, 4.69) is 4.98 Å². The summed E-state index contributed by atoms with van der Waals surface area (Å²) < 4.78 is 39.3. The maximum absolute atomic E-state index is 13.1. The first kappa shape index (κ1) is 26.6. The van der Waals surface area contributed by atoms with Gasteiger partial charge >= 0.3 is 5.97 Å². The van der Waals surface area contributed by atoms with Crippen molar-refractivity contribution in [3.63, 3.8) is 0 Å². The molecule has 1 aliphatic heterocycles. The number of hydrogen-bond donors (Lipinski definition) is 1. The van der Waals surface area contributed by atoms with E-state index in [1.54, 1.807) is 18.2 Å². The van der Waals surface area contributed by atoms with Gasteiger partial charge in [0.05, 0.1) is 23.1 Å². The maximum atomic E-state index is 13.1. The number of carbonyl (C=O) groups is 1. The van der Waals surface area contributed by atoms with Crippen LogP contribution in [0.15, 0.2) is 94.2 Å². The zero-order valence-electron chi connectivity index (χ0n) is 21.6. The molecule has 0 saturated carbocycles.